The van der Waals surface area contributed by atoms with E-state index in [0.29, 0.717) is 35.1 Å². The molecule has 0 spiro atoms. The van der Waals surface area contributed by atoms with E-state index in [1.165, 1.54) is 38.2 Å². The molecule has 1 amide bonds. The zero-order chi connectivity index (χ0) is 27.8. The maximum atomic E-state index is 14.0. The number of carbonyl (C=O) groups is 1. The number of rotatable bonds is 9. The van der Waals surface area contributed by atoms with E-state index in [0.717, 1.165) is 36.4 Å². The highest BCUT2D eigenvalue weighted by molar-refractivity contribution is 5.86. The highest BCUT2D eigenvalue weighted by Crippen LogP contribution is 2.36. The molecular weight excluding hydrogens is 511 g/mol. The highest BCUT2D eigenvalue weighted by Gasteiger charge is 2.31. The maximum absolute atomic E-state index is 14.0. The van der Waals surface area contributed by atoms with Gasteiger partial charge in [-0.15, -0.1) is 5.48 Å². The quantitative estimate of drug-likeness (QED) is 0.264. The van der Waals surface area contributed by atoms with Crippen LogP contribution in [0.25, 0.3) is 11.2 Å². The Morgan fingerprint density at radius 1 is 1.10 bits per heavy atom. The second-order valence-corrected chi connectivity index (χ2v) is 11.9. The standard InChI is InChI=1S/C29H39FN8O2/c1-16-10-12-19(13-11-16)15-38-23-24(31-17(2)20-6-4-7-20)33-26(27-36-29(39)40-37-27)34-25(23)35-28(38)32-18(3)21-8-5-9-22(30)14-21/h5,8-9,14,16-20,27,37H,4,6-7,10-13,15H2,1-3H3,(H,36,39)(H2,31,32,33,34,35)/t16?,17-,18+,19?,27?/m1/s1. The molecule has 11 heteroatoms. The maximum Gasteiger partial charge on any atom is 0.427 e. The lowest BCUT2D eigenvalue weighted by atomic mass is 9.80. The number of imidazole rings is 1. The summed E-state index contributed by atoms with van der Waals surface area (Å²) in [5.41, 5.74) is 4.88. The lowest BCUT2D eigenvalue weighted by Gasteiger charge is -2.32. The molecule has 6 rings (SSSR count). The summed E-state index contributed by atoms with van der Waals surface area (Å²) in [6.45, 7) is 7.32. The minimum absolute atomic E-state index is 0.181. The zero-order valence-corrected chi connectivity index (χ0v) is 23.4. The monoisotopic (exact) mass is 550 g/mol. The Labute approximate surface area is 233 Å². The second-order valence-electron chi connectivity index (χ2n) is 11.9. The summed E-state index contributed by atoms with van der Waals surface area (Å²) in [6, 6.07) is 6.68. The molecule has 3 fully saturated rings. The number of carbonyl (C=O) groups excluding carboxylic acids is 1. The minimum Gasteiger partial charge on any atom is -0.365 e. The molecule has 3 aliphatic rings. The fourth-order valence-electron chi connectivity index (χ4n) is 6.07. The molecule has 2 aromatic heterocycles. The summed E-state index contributed by atoms with van der Waals surface area (Å²) in [7, 11) is 0. The van der Waals surface area contributed by atoms with Crippen LogP contribution in [0.5, 0.6) is 0 Å². The number of benzene rings is 1. The van der Waals surface area contributed by atoms with Crippen LogP contribution in [0, 0.1) is 23.6 Å². The van der Waals surface area contributed by atoms with Crippen LogP contribution in [0.4, 0.5) is 21.0 Å². The van der Waals surface area contributed by atoms with E-state index in [4.69, 9.17) is 19.8 Å². The average molecular weight is 551 g/mol. The number of hydrogen-bond acceptors (Lipinski definition) is 8. The molecule has 3 aromatic rings. The Morgan fingerprint density at radius 2 is 1.90 bits per heavy atom. The summed E-state index contributed by atoms with van der Waals surface area (Å²) >= 11 is 0. The van der Waals surface area contributed by atoms with E-state index in [1.807, 2.05) is 13.0 Å². The molecule has 1 saturated heterocycles. The SMILES string of the molecule is CC1CCC(Cn2c(N[C@@H](C)c3cccc(F)c3)nc3nc(C4NOC(=O)N4)nc(N[C@H](C)C4CCC4)c32)CC1. The first-order valence-corrected chi connectivity index (χ1v) is 14.6. The van der Waals surface area contributed by atoms with Crippen LogP contribution < -0.4 is 21.4 Å². The first-order valence-electron chi connectivity index (χ1n) is 14.6. The molecule has 214 valence electrons. The largest absolute Gasteiger partial charge is 0.427 e. The van der Waals surface area contributed by atoms with Crippen molar-refractivity contribution in [3.05, 3.63) is 41.5 Å². The number of aromatic nitrogens is 4. The van der Waals surface area contributed by atoms with Crippen LogP contribution in [0.3, 0.4) is 0 Å². The Bertz CT molecular complexity index is 1370. The van der Waals surface area contributed by atoms with Gasteiger partial charge in [0.05, 0.1) is 6.04 Å². The molecule has 40 heavy (non-hydrogen) atoms. The summed E-state index contributed by atoms with van der Waals surface area (Å²) in [4.78, 5) is 31.3. The van der Waals surface area contributed by atoms with Crippen molar-refractivity contribution < 1.29 is 14.0 Å². The van der Waals surface area contributed by atoms with Crippen molar-refractivity contribution >= 4 is 29.0 Å². The summed E-state index contributed by atoms with van der Waals surface area (Å²) in [6.07, 6.45) is 7.15. The third kappa shape index (κ3) is 5.56. The Kier molecular flexibility index (Phi) is 7.48. The lowest BCUT2D eigenvalue weighted by molar-refractivity contribution is 0.120. The molecule has 0 radical (unpaired) electrons. The van der Waals surface area contributed by atoms with Crippen LogP contribution in [0.15, 0.2) is 24.3 Å². The van der Waals surface area contributed by atoms with Crippen LogP contribution in [-0.4, -0.2) is 31.7 Å². The number of nitrogens with one attached hydrogen (secondary N) is 4. The van der Waals surface area contributed by atoms with Crippen molar-refractivity contribution in [3.63, 3.8) is 0 Å². The van der Waals surface area contributed by atoms with Gasteiger partial charge < -0.3 is 20.0 Å². The number of nitrogens with zero attached hydrogens (tertiary/aromatic N) is 4. The van der Waals surface area contributed by atoms with Gasteiger partial charge in [0.15, 0.2) is 23.5 Å². The van der Waals surface area contributed by atoms with E-state index < -0.39 is 12.3 Å². The van der Waals surface area contributed by atoms with Gasteiger partial charge in [0.1, 0.15) is 11.3 Å². The lowest BCUT2D eigenvalue weighted by Crippen LogP contribution is -2.32. The van der Waals surface area contributed by atoms with Gasteiger partial charge in [0.25, 0.3) is 0 Å². The molecule has 4 N–H and O–H groups in total. The molecule has 2 aliphatic carbocycles. The van der Waals surface area contributed by atoms with Gasteiger partial charge in [-0.05, 0) is 75.0 Å². The number of amides is 1. The van der Waals surface area contributed by atoms with Crippen LogP contribution in [0.2, 0.25) is 0 Å². The number of hydroxylamine groups is 1. The fraction of sp³-hybridized carbons (Fsp3) is 0.586. The van der Waals surface area contributed by atoms with Crippen molar-refractivity contribution in [2.24, 2.45) is 17.8 Å². The van der Waals surface area contributed by atoms with Crippen molar-refractivity contribution in [3.8, 4) is 0 Å². The minimum atomic E-state index is -0.677. The van der Waals surface area contributed by atoms with E-state index >= 15 is 0 Å². The molecule has 0 bridgehead atoms. The molecular formula is C29H39FN8O2. The number of anilines is 2. The number of hydrogen-bond donors (Lipinski definition) is 4. The number of halogens is 1. The zero-order valence-electron chi connectivity index (χ0n) is 23.4. The fourth-order valence-corrected chi connectivity index (χ4v) is 6.07. The molecule has 3 atom stereocenters. The molecule has 10 nitrogen and oxygen atoms in total. The van der Waals surface area contributed by atoms with Crippen molar-refractivity contribution in [2.75, 3.05) is 10.6 Å². The van der Waals surface area contributed by atoms with Gasteiger partial charge in [-0.2, -0.15) is 4.98 Å². The Hall–Kier alpha value is -3.47. The van der Waals surface area contributed by atoms with E-state index in [2.05, 4.69) is 39.8 Å². The van der Waals surface area contributed by atoms with E-state index in [9.17, 15) is 9.18 Å². The summed E-state index contributed by atoms with van der Waals surface area (Å²) in [5.74, 6) is 3.34. The van der Waals surface area contributed by atoms with Crippen molar-refractivity contribution in [1.29, 1.82) is 0 Å². The normalized spacial score (nSPS) is 24.7. The predicted octanol–water partition coefficient (Wildman–Crippen LogP) is 5.81. The van der Waals surface area contributed by atoms with Gasteiger partial charge in [-0.1, -0.05) is 38.3 Å². The van der Waals surface area contributed by atoms with Gasteiger partial charge >= 0.3 is 6.09 Å². The van der Waals surface area contributed by atoms with Crippen molar-refractivity contribution in [2.45, 2.75) is 90.5 Å². The van der Waals surface area contributed by atoms with Gasteiger partial charge in [-0.25, -0.2) is 19.2 Å². The second kappa shape index (κ2) is 11.2. The van der Waals surface area contributed by atoms with E-state index in [-0.39, 0.29) is 17.9 Å². The molecule has 2 saturated carbocycles. The van der Waals surface area contributed by atoms with Gasteiger partial charge in [0, 0.05) is 12.6 Å². The van der Waals surface area contributed by atoms with Crippen molar-refractivity contribution in [1.82, 2.24) is 30.3 Å². The number of fused-ring (bicyclic) bond motifs is 1. The highest BCUT2D eigenvalue weighted by atomic mass is 19.1. The van der Waals surface area contributed by atoms with Gasteiger partial charge in [-0.3, -0.25) is 5.32 Å². The Morgan fingerprint density at radius 3 is 2.58 bits per heavy atom. The molecule has 1 unspecified atom stereocenters. The third-order valence-corrected chi connectivity index (χ3v) is 8.90. The summed E-state index contributed by atoms with van der Waals surface area (Å²) < 4.78 is 16.2. The van der Waals surface area contributed by atoms with Crippen LogP contribution >= 0.6 is 0 Å². The first-order chi connectivity index (χ1) is 19.3. The average Bonchev–Trinajstić information content (AvgIpc) is 3.47. The first kappa shape index (κ1) is 26.7. The third-order valence-electron chi connectivity index (χ3n) is 8.90. The molecule has 1 aliphatic heterocycles. The van der Waals surface area contributed by atoms with Gasteiger partial charge in [0.2, 0.25) is 5.95 Å². The summed E-state index contributed by atoms with van der Waals surface area (Å²) in [5, 5.41) is 9.92. The Balaban J connectivity index is 1.42. The molecule has 1 aromatic carbocycles. The van der Waals surface area contributed by atoms with Crippen LogP contribution in [0.1, 0.15) is 89.3 Å². The van der Waals surface area contributed by atoms with Crippen LogP contribution in [-0.2, 0) is 11.4 Å². The molecule has 3 heterocycles. The topological polar surface area (TPSA) is 118 Å². The predicted molar refractivity (Wildman–Crippen MR) is 151 cm³/mol. The van der Waals surface area contributed by atoms with E-state index in [1.54, 1.807) is 12.1 Å². The smallest absolute Gasteiger partial charge is 0.365 e.